The second-order valence-corrected chi connectivity index (χ2v) is 6.87. The van der Waals surface area contributed by atoms with E-state index in [0.29, 0.717) is 6.42 Å². The van der Waals surface area contributed by atoms with Crippen LogP contribution < -0.4 is 0 Å². The predicted octanol–water partition coefficient (Wildman–Crippen LogP) is 3.14. The lowest BCUT2D eigenvalue weighted by Crippen LogP contribution is -2.30. The second kappa shape index (κ2) is 5.85. The average molecular weight is 373 g/mol. The first kappa shape index (κ1) is 14.5. The molecule has 0 aliphatic carbocycles. The molecule has 2 aromatic heterocycles. The standard InChI is InChI=1S/C17H17BrN4O/c18-13-9-20-22(10-13)14-5-6-21(11-14)17(23)7-12-8-19-16-4-2-1-3-15(12)16/h1-4,8-10,14,19H,5-7,11H2. The van der Waals surface area contributed by atoms with E-state index in [4.69, 9.17) is 0 Å². The first-order valence-electron chi connectivity index (χ1n) is 7.73. The van der Waals surface area contributed by atoms with Crippen LogP contribution in [0, 0.1) is 0 Å². The summed E-state index contributed by atoms with van der Waals surface area (Å²) in [4.78, 5) is 17.8. The van der Waals surface area contributed by atoms with Gasteiger partial charge in [-0.1, -0.05) is 18.2 Å². The van der Waals surface area contributed by atoms with E-state index in [1.165, 1.54) is 0 Å². The van der Waals surface area contributed by atoms with Crippen molar-refractivity contribution in [1.82, 2.24) is 19.7 Å². The molecule has 0 spiro atoms. The third-order valence-electron chi connectivity index (χ3n) is 4.48. The van der Waals surface area contributed by atoms with Gasteiger partial charge in [-0.15, -0.1) is 0 Å². The van der Waals surface area contributed by atoms with Crippen molar-refractivity contribution in [3.05, 3.63) is 52.9 Å². The molecule has 0 saturated carbocycles. The molecule has 1 atom stereocenters. The van der Waals surface area contributed by atoms with Crippen LogP contribution in [0.2, 0.25) is 0 Å². The third kappa shape index (κ3) is 2.79. The van der Waals surface area contributed by atoms with E-state index in [0.717, 1.165) is 40.4 Å². The Bertz CT molecular complexity index is 853. The van der Waals surface area contributed by atoms with Crippen molar-refractivity contribution < 1.29 is 4.79 Å². The molecular formula is C17H17BrN4O. The lowest BCUT2D eigenvalue weighted by Gasteiger charge is -2.16. The van der Waals surface area contributed by atoms with E-state index in [9.17, 15) is 4.79 Å². The molecule has 0 bridgehead atoms. The molecule has 23 heavy (non-hydrogen) atoms. The van der Waals surface area contributed by atoms with Gasteiger partial charge in [0.25, 0.3) is 0 Å². The number of likely N-dealkylation sites (tertiary alicyclic amines) is 1. The van der Waals surface area contributed by atoms with Crippen molar-refractivity contribution in [2.24, 2.45) is 0 Å². The molecule has 1 unspecified atom stereocenters. The summed E-state index contributed by atoms with van der Waals surface area (Å²) in [7, 11) is 0. The first-order chi connectivity index (χ1) is 11.2. The highest BCUT2D eigenvalue weighted by Gasteiger charge is 2.28. The zero-order valence-electron chi connectivity index (χ0n) is 12.6. The average Bonchev–Trinajstić information content (AvgIpc) is 3.27. The van der Waals surface area contributed by atoms with Gasteiger partial charge >= 0.3 is 0 Å². The van der Waals surface area contributed by atoms with Crippen LogP contribution in [0.4, 0.5) is 0 Å². The molecule has 0 radical (unpaired) electrons. The second-order valence-electron chi connectivity index (χ2n) is 5.96. The Morgan fingerprint density at radius 1 is 1.39 bits per heavy atom. The van der Waals surface area contributed by atoms with Crippen LogP contribution in [-0.2, 0) is 11.2 Å². The number of fused-ring (bicyclic) bond motifs is 1. The topological polar surface area (TPSA) is 53.9 Å². The molecule has 6 heteroatoms. The van der Waals surface area contributed by atoms with Gasteiger partial charge in [0.1, 0.15) is 0 Å². The van der Waals surface area contributed by atoms with E-state index in [1.54, 1.807) is 6.20 Å². The number of carbonyl (C=O) groups excluding carboxylic acids is 1. The summed E-state index contributed by atoms with van der Waals surface area (Å²) in [5.41, 5.74) is 2.15. The van der Waals surface area contributed by atoms with E-state index in [-0.39, 0.29) is 11.9 Å². The number of nitrogens with one attached hydrogen (secondary N) is 1. The lowest BCUT2D eigenvalue weighted by molar-refractivity contribution is -0.129. The van der Waals surface area contributed by atoms with Gasteiger partial charge in [-0.2, -0.15) is 5.10 Å². The Hall–Kier alpha value is -2.08. The molecule has 1 saturated heterocycles. The molecule has 1 aliphatic heterocycles. The molecule has 118 valence electrons. The normalized spacial score (nSPS) is 18.0. The fraction of sp³-hybridized carbons (Fsp3) is 0.294. The summed E-state index contributed by atoms with van der Waals surface area (Å²) < 4.78 is 2.92. The SMILES string of the molecule is O=C(Cc1c[nH]c2ccccc12)N1CCC(n2cc(Br)cn2)C1. The number of carbonyl (C=O) groups is 1. The maximum Gasteiger partial charge on any atom is 0.227 e. The van der Waals surface area contributed by atoms with Crippen molar-refractivity contribution in [2.45, 2.75) is 18.9 Å². The van der Waals surface area contributed by atoms with Gasteiger partial charge in [0, 0.05) is 36.4 Å². The molecule has 3 heterocycles. The number of amides is 1. The largest absolute Gasteiger partial charge is 0.361 e. The van der Waals surface area contributed by atoms with E-state index < -0.39 is 0 Å². The molecular weight excluding hydrogens is 356 g/mol. The summed E-state index contributed by atoms with van der Waals surface area (Å²) in [5.74, 6) is 0.184. The minimum Gasteiger partial charge on any atom is -0.361 e. The highest BCUT2D eigenvalue weighted by atomic mass is 79.9. The van der Waals surface area contributed by atoms with Gasteiger partial charge in [0.15, 0.2) is 0 Å². The fourth-order valence-electron chi connectivity index (χ4n) is 3.25. The number of hydrogen-bond donors (Lipinski definition) is 1. The molecule has 1 fully saturated rings. The van der Waals surface area contributed by atoms with Gasteiger partial charge in [-0.25, -0.2) is 0 Å². The van der Waals surface area contributed by atoms with Crippen LogP contribution in [0.25, 0.3) is 10.9 Å². The molecule has 1 aliphatic rings. The number of benzene rings is 1. The number of para-hydroxylation sites is 1. The Morgan fingerprint density at radius 2 is 2.26 bits per heavy atom. The first-order valence-corrected chi connectivity index (χ1v) is 8.52. The van der Waals surface area contributed by atoms with Gasteiger partial charge in [0.05, 0.1) is 23.1 Å². The van der Waals surface area contributed by atoms with E-state index in [2.05, 4.69) is 32.1 Å². The van der Waals surface area contributed by atoms with Gasteiger partial charge in [-0.3, -0.25) is 9.48 Å². The quantitative estimate of drug-likeness (QED) is 0.767. The highest BCUT2D eigenvalue weighted by Crippen LogP contribution is 2.24. The lowest BCUT2D eigenvalue weighted by atomic mass is 10.1. The summed E-state index contributed by atoms with van der Waals surface area (Å²) in [6, 6.07) is 8.37. The van der Waals surface area contributed by atoms with Gasteiger partial charge < -0.3 is 9.88 Å². The molecule has 4 rings (SSSR count). The zero-order chi connectivity index (χ0) is 15.8. The Morgan fingerprint density at radius 3 is 3.09 bits per heavy atom. The third-order valence-corrected chi connectivity index (χ3v) is 4.89. The van der Waals surface area contributed by atoms with Gasteiger partial charge in [0.2, 0.25) is 5.91 Å². The number of aromatic nitrogens is 3. The van der Waals surface area contributed by atoms with Crippen LogP contribution >= 0.6 is 15.9 Å². The minimum atomic E-state index is 0.184. The van der Waals surface area contributed by atoms with Crippen LogP contribution in [0.15, 0.2) is 47.3 Å². The monoisotopic (exact) mass is 372 g/mol. The van der Waals surface area contributed by atoms with Crippen molar-refractivity contribution >= 4 is 32.7 Å². The number of aromatic amines is 1. The fourth-order valence-corrected chi connectivity index (χ4v) is 3.55. The number of nitrogens with zero attached hydrogens (tertiary/aromatic N) is 3. The van der Waals surface area contributed by atoms with Crippen LogP contribution in [0.1, 0.15) is 18.0 Å². The summed E-state index contributed by atoms with van der Waals surface area (Å²) in [5, 5.41) is 5.47. The number of hydrogen-bond acceptors (Lipinski definition) is 2. The predicted molar refractivity (Wildman–Crippen MR) is 92.2 cm³/mol. The smallest absolute Gasteiger partial charge is 0.227 e. The van der Waals surface area contributed by atoms with E-state index >= 15 is 0 Å². The summed E-state index contributed by atoms with van der Waals surface area (Å²) >= 11 is 3.42. The number of halogens is 1. The Kier molecular flexibility index (Phi) is 3.69. The van der Waals surface area contributed by atoms with Crippen LogP contribution in [0.5, 0.6) is 0 Å². The summed E-state index contributed by atoms with van der Waals surface area (Å²) in [6.45, 7) is 1.53. The van der Waals surface area contributed by atoms with Crippen molar-refractivity contribution in [2.75, 3.05) is 13.1 Å². The molecule has 1 N–H and O–H groups in total. The van der Waals surface area contributed by atoms with Crippen LogP contribution in [-0.4, -0.2) is 38.7 Å². The van der Waals surface area contributed by atoms with Crippen molar-refractivity contribution in [3.63, 3.8) is 0 Å². The van der Waals surface area contributed by atoms with Crippen molar-refractivity contribution in [1.29, 1.82) is 0 Å². The Balaban J connectivity index is 1.46. The number of rotatable bonds is 3. The summed E-state index contributed by atoms with van der Waals surface area (Å²) in [6.07, 6.45) is 7.10. The van der Waals surface area contributed by atoms with Gasteiger partial charge in [-0.05, 0) is 34.0 Å². The molecule has 5 nitrogen and oxygen atoms in total. The molecule has 1 amide bonds. The zero-order valence-corrected chi connectivity index (χ0v) is 14.2. The highest BCUT2D eigenvalue weighted by molar-refractivity contribution is 9.10. The van der Waals surface area contributed by atoms with Crippen molar-refractivity contribution in [3.8, 4) is 0 Å². The minimum absolute atomic E-state index is 0.184. The Labute approximate surface area is 142 Å². The number of H-pyrrole nitrogens is 1. The maximum atomic E-state index is 12.6. The molecule has 1 aromatic carbocycles. The molecule has 3 aromatic rings. The van der Waals surface area contributed by atoms with Crippen LogP contribution in [0.3, 0.4) is 0 Å². The van der Waals surface area contributed by atoms with E-state index in [1.807, 2.05) is 40.2 Å². The maximum absolute atomic E-state index is 12.6.